The van der Waals surface area contributed by atoms with Crippen molar-refractivity contribution < 1.29 is 9.59 Å². The third-order valence-electron chi connectivity index (χ3n) is 7.01. The largest absolute Gasteiger partial charge is 0.338 e. The molecule has 2 aliphatic rings. The number of hydrogen-bond acceptors (Lipinski definition) is 5. The molecular formula is C27H33N5O2S. The number of thiophene rings is 1. The summed E-state index contributed by atoms with van der Waals surface area (Å²) >= 11 is 1.72. The van der Waals surface area contributed by atoms with Crippen molar-refractivity contribution in [1.29, 1.82) is 0 Å². The summed E-state index contributed by atoms with van der Waals surface area (Å²) in [7, 11) is 0. The van der Waals surface area contributed by atoms with Crippen molar-refractivity contribution in [2.75, 3.05) is 18.4 Å². The first kappa shape index (κ1) is 23.7. The van der Waals surface area contributed by atoms with E-state index >= 15 is 0 Å². The molecule has 2 aromatic heterocycles. The van der Waals surface area contributed by atoms with Crippen molar-refractivity contribution >= 4 is 28.8 Å². The molecule has 3 aromatic rings. The van der Waals surface area contributed by atoms with E-state index in [2.05, 4.69) is 31.5 Å². The molecule has 1 fully saturated rings. The molecule has 1 unspecified atom stereocenters. The summed E-state index contributed by atoms with van der Waals surface area (Å²) in [6.07, 6.45) is 8.75. The lowest BCUT2D eigenvalue weighted by Gasteiger charge is -2.32. The van der Waals surface area contributed by atoms with Crippen LogP contribution in [0, 0.1) is 0 Å². The van der Waals surface area contributed by atoms with Gasteiger partial charge >= 0.3 is 0 Å². The van der Waals surface area contributed by atoms with E-state index in [0.29, 0.717) is 24.2 Å². The van der Waals surface area contributed by atoms with Crippen LogP contribution in [0.25, 0.3) is 0 Å². The number of rotatable bonds is 7. The lowest BCUT2D eigenvalue weighted by Crippen LogP contribution is -2.39. The highest BCUT2D eigenvalue weighted by Gasteiger charge is 2.30. The van der Waals surface area contributed by atoms with Gasteiger partial charge in [-0.2, -0.15) is 0 Å². The third-order valence-corrected chi connectivity index (χ3v) is 7.95. The maximum absolute atomic E-state index is 13.4. The molecule has 184 valence electrons. The predicted molar refractivity (Wildman–Crippen MR) is 138 cm³/mol. The zero-order chi connectivity index (χ0) is 24.0. The molecule has 7 nitrogen and oxygen atoms in total. The second-order valence-corrected chi connectivity index (χ2v) is 10.6. The molecule has 0 bridgehead atoms. The van der Waals surface area contributed by atoms with Crippen LogP contribution in [-0.4, -0.2) is 44.6 Å². The molecule has 5 rings (SSSR count). The molecule has 0 radical (unpaired) electrons. The van der Waals surface area contributed by atoms with E-state index in [-0.39, 0.29) is 17.7 Å². The summed E-state index contributed by atoms with van der Waals surface area (Å²) in [4.78, 5) is 29.0. The standard InChI is InChI=1S/C27H33N5O2S/c33-25(14-5-11-23-12-7-17-35-23)28-22-10-4-8-20(18-22)27(34)31-15-6-9-21(19-31)26-30-29-24-13-2-1-3-16-32(24)26/h4,7-8,10,12,17-18,21H,1-3,5-6,9,11,13-16,19H2,(H,28,33). The van der Waals surface area contributed by atoms with Crippen molar-refractivity contribution in [1.82, 2.24) is 19.7 Å². The van der Waals surface area contributed by atoms with Gasteiger partial charge in [0.25, 0.3) is 5.91 Å². The van der Waals surface area contributed by atoms with Gasteiger partial charge in [0.2, 0.25) is 5.91 Å². The number of amides is 2. The van der Waals surface area contributed by atoms with Gasteiger partial charge in [-0.1, -0.05) is 18.6 Å². The van der Waals surface area contributed by atoms with Gasteiger partial charge in [-0.05, 0) is 68.2 Å². The third kappa shape index (κ3) is 5.81. The smallest absolute Gasteiger partial charge is 0.253 e. The summed E-state index contributed by atoms with van der Waals surface area (Å²) in [6.45, 7) is 2.39. The molecule has 0 aliphatic carbocycles. The van der Waals surface area contributed by atoms with Crippen LogP contribution in [-0.2, 0) is 24.2 Å². The number of aromatic nitrogens is 3. The number of nitrogens with zero attached hydrogens (tertiary/aromatic N) is 4. The minimum absolute atomic E-state index is 0.0131. The maximum Gasteiger partial charge on any atom is 0.253 e. The van der Waals surface area contributed by atoms with Crippen LogP contribution in [0.2, 0.25) is 0 Å². The van der Waals surface area contributed by atoms with E-state index in [1.165, 1.54) is 24.1 Å². The normalized spacial score (nSPS) is 18.1. The van der Waals surface area contributed by atoms with Crippen molar-refractivity contribution in [3.63, 3.8) is 0 Å². The van der Waals surface area contributed by atoms with Gasteiger partial charge in [-0.3, -0.25) is 9.59 Å². The molecule has 1 N–H and O–H groups in total. The van der Waals surface area contributed by atoms with Gasteiger partial charge in [0, 0.05) is 54.5 Å². The molecule has 0 spiro atoms. The van der Waals surface area contributed by atoms with Crippen LogP contribution in [0.1, 0.15) is 77.7 Å². The van der Waals surface area contributed by atoms with Gasteiger partial charge in [0.05, 0.1) is 0 Å². The fourth-order valence-corrected chi connectivity index (χ4v) is 5.95. The van der Waals surface area contributed by atoms with E-state index in [4.69, 9.17) is 0 Å². The first-order valence-corrected chi connectivity index (χ1v) is 13.7. The van der Waals surface area contributed by atoms with Crippen molar-refractivity contribution in [3.8, 4) is 0 Å². The Bertz CT molecular complexity index is 1160. The van der Waals surface area contributed by atoms with Crippen molar-refractivity contribution in [2.45, 2.75) is 70.3 Å². The summed E-state index contributed by atoms with van der Waals surface area (Å²) in [6, 6.07) is 11.5. The number of carbonyl (C=O) groups excluding carboxylic acids is 2. The summed E-state index contributed by atoms with van der Waals surface area (Å²) in [5.41, 5.74) is 1.29. The molecule has 2 amide bonds. The average Bonchev–Trinajstić information content (AvgIpc) is 3.48. The summed E-state index contributed by atoms with van der Waals surface area (Å²) in [5.74, 6) is 2.36. The van der Waals surface area contributed by atoms with E-state index in [1.807, 2.05) is 29.2 Å². The SMILES string of the molecule is O=C(CCCc1cccs1)Nc1cccc(C(=O)N2CCCC(c3nnc4n3CCCCC4)C2)c1. The van der Waals surface area contributed by atoms with Crippen LogP contribution in [0.4, 0.5) is 5.69 Å². The van der Waals surface area contributed by atoms with Gasteiger partial charge in [-0.25, -0.2) is 0 Å². The summed E-state index contributed by atoms with van der Waals surface area (Å²) < 4.78 is 2.31. The van der Waals surface area contributed by atoms with Gasteiger partial charge in [-0.15, -0.1) is 21.5 Å². The lowest BCUT2D eigenvalue weighted by atomic mass is 9.96. The van der Waals surface area contributed by atoms with Crippen LogP contribution < -0.4 is 5.32 Å². The Labute approximate surface area is 210 Å². The summed E-state index contributed by atoms with van der Waals surface area (Å²) in [5, 5.41) is 14.0. The second kappa shape index (κ2) is 11.2. The zero-order valence-electron chi connectivity index (χ0n) is 20.1. The fourth-order valence-electron chi connectivity index (χ4n) is 5.20. The highest BCUT2D eigenvalue weighted by molar-refractivity contribution is 7.09. The van der Waals surface area contributed by atoms with E-state index < -0.39 is 0 Å². The number of piperidine rings is 1. The number of aryl methyl sites for hydroxylation is 2. The molecular weight excluding hydrogens is 458 g/mol. The van der Waals surface area contributed by atoms with Crippen LogP contribution in [0.5, 0.6) is 0 Å². The molecule has 8 heteroatoms. The highest BCUT2D eigenvalue weighted by Crippen LogP contribution is 2.29. The van der Waals surface area contributed by atoms with E-state index in [9.17, 15) is 9.59 Å². The van der Waals surface area contributed by atoms with Crippen LogP contribution in [0.15, 0.2) is 41.8 Å². The van der Waals surface area contributed by atoms with Gasteiger partial charge in [0.1, 0.15) is 11.6 Å². The number of benzene rings is 1. The molecule has 2 aliphatic heterocycles. The Morgan fingerprint density at radius 1 is 1.06 bits per heavy atom. The molecule has 4 heterocycles. The predicted octanol–water partition coefficient (Wildman–Crippen LogP) is 5.05. The Kier molecular flexibility index (Phi) is 7.57. The average molecular weight is 492 g/mol. The molecule has 1 saturated heterocycles. The van der Waals surface area contributed by atoms with Crippen molar-refractivity contribution in [3.05, 3.63) is 63.9 Å². The van der Waals surface area contributed by atoms with Gasteiger partial charge in [0.15, 0.2) is 0 Å². The Hall–Kier alpha value is -3.00. The molecule has 35 heavy (non-hydrogen) atoms. The number of anilines is 1. The molecule has 1 atom stereocenters. The molecule has 0 saturated carbocycles. The number of hydrogen-bond donors (Lipinski definition) is 1. The Balaban J connectivity index is 1.19. The van der Waals surface area contributed by atoms with Crippen LogP contribution >= 0.6 is 11.3 Å². The topological polar surface area (TPSA) is 80.1 Å². The second-order valence-electron chi connectivity index (χ2n) is 9.59. The Morgan fingerprint density at radius 2 is 2.00 bits per heavy atom. The number of nitrogens with one attached hydrogen (secondary N) is 1. The van der Waals surface area contributed by atoms with Gasteiger partial charge < -0.3 is 14.8 Å². The first-order chi connectivity index (χ1) is 17.2. The number of carbonyl (C=O) groups is 2. The maximum atomic E-state index is 13.4. The first-order valence-electron chi connectivity index (χ1n) is 12.8. The van der Waals surface area contributed by atoms with E-state index in [1.54, 1.807) is 17.4 Å². The fraction of sp³-hybridized carbons (Fsp3) is 0.481. The zero-order valence-corrected chi connectivity index (χ0v) is 20.9. The van der Waals surface area contributed by atoms with E-state index in [0.717, 1.165) is 56.8 Å². The Morgan fingerprint density at radius 3 is 2.89 bits per heavy atom. The lowest BCUT2D eigenvalue weighted by molar-refractivity contribution is -0.116. The van der Waals surface area contributed by atoms with Crippen LogP contribution in [0.3, 0.4) is 0 Å². The quantitative estimate of drug-likeness (QED) is 0.502. The number of likely N-dealkylation sites (tertiary alicyclic amines) is 1. The highest BCUT2D eigenvalue weighted by atomic mass is 32.1. The minimum atomic E-state index is -0.0170. The van der Waals surface area contributed by atoms with Crippen molar-refractivity contribution in [2.24, 2.45) is 0 Å². The monoisotopic (exact) mass is 491 g/mol. The molecule has 1 aromatic carbocycles. The minimum Gasteiger partial charge on any atom is -0.338 e. The number of fused-ring (bicyclic) bond motifs is 1.